The Kier molecular flexibility index (Phi) is 7.04. The summed E-state index contributed by atoms with van der Waals surface area (Å²) in [6, 6.07) is 3.91. The van der Waals surface area contributed by atoms with Gasteiger partial charge in [0.1, 0.15) is 11.5 Å². The second-order valence-corrected chi connectivity index (χ2v) is 9.27. The average molecular weight is 527 g/mol. The summed E-state index contributed by atoms with van der Waals surface area (Å²) in [6.07, 6.45) is -9.65. The molecule has 0 saturated carbocycles. The fourth-order valence-electron chi connectivity index (χ4n) is 2.88. The maximum absolute atomic E-state index is 14.3. The molecule has 1 aromatic rings. The van der Waals surface area contributed by atoms with Crippen molar-refractivity contribution in [2.45, 2.75) is 64.0 Å². The Bertz CT molecular complexity index is 964. The number of hydrogen-bond acceptors (Lipinski definition) is 4. The number of alkyl halides is 7. The van der Waals surface area contributed by atoms with Gasteiger partial charge in [0.05, 0.1) is 5.02 Å². The van der Waals surface area contributed by atoms with E-state index in [4.69, 9.17) is 27.9 Å². The zero-order valence-corrected chi connectivity index (χ0v) is 19.1. The van der Waals surface area contributed by atoms with Crippen molar-refractivity contribution in [3.8, 4) is 5.75 Å². The molecule has 1 amide bonds. The third-order valence-electron chi connectivity index (χ3n) is 5.05. The van der Waals surface area contributed by atoms with Crippen molar-refractivity contribution in [2.24, 2.45) is 10.5 Å². The first-order valence-corrected chi connectivity index (χ1v) is 10.0. The standard InChI is InChI=1S/C19H19Cl2F7N2O3/c1-9(33-12-6-5-10(20)7-11(12)21)14(31)30-16(32,15(2,3)4)8-13(29-30)17(22,23)18(24,25)19(26,27)28/h5-7,9,32H,8H2,1-4H3/t9-,16+/m1/s1. The molecule has 1 aliphatic rings. The number of hydrogen-bond donors (Lipinski definition) is 1. The van der Waals surface area contributed by atoms with Crippen molar-refractivity contribution in [3.63, 3.8) is 0 Å². The number of rotatable bonds is 5. The molecule has 0 spiro atoms. The van der Waals surface area contributed by atoms with Crippen LogP contribution in [0.15, 0.2) is 23.3 Å². The first-order chi connectivity index (χ1) is 14.7. The molecule has 0 fully saturated rings. The van der Waals surface area contributed by atoms with E-state index in [0.717, 1.165) is 6.92 Å². The van der Waals surface area contributed by atoms with Crippen LogP contribution in [-0.2, 0) is 4.79 Å². The number of halogens is 9. The van der Waals surface area contributed by atoms with Gasteiger partial charge in [0, 0.05) is 16.9 Å². The first-order valence-electron chi connectivity index (χ1n) is 9.25. The second-order valence-electron chi connectivity index (χ2n) is 8.42. The Morgan fingerprint density at radius 1 is 1.15 bits per heavy atom. The van der Waals surface area contributed by atoms with E-state index in [1.165, 1.54) is 39.0 Å². The van der Waals surface area contributed by atoms with Crippen LogP contribution < -0.4 is 4.74 Å². The second kappa shape index (κ2) is 8.46. The van der Waals surface area contributed by atoms with Gasteiger partial charge in [-0.15, -0.1) is 0 Å². The fraction of sp³-hybridized carbons (Fsp3) is 0.579. The highest BCUT2D eigenvalue weighted by Gasteiger charge is 2.76. The third kappa shape index (κ3) is 4.74. The van der Waals surface area contributed by atoms with Crippen molar-refractivity contribution < 1.29 is 45.4 Å². The average Bonchev–Trinajstić information content (AvgIpc) is 3.01. The van der Waals surface area contributed by atoms with Gasteiger partial charge in [-0.2, -0.15) is 40.8 Å². The number of carbonyl (C=O) groups excluding carboxylic acids is 1. The van der Waals surface area contributed by atoms with Gasteiger partial charge >= 0.3 is 18.0 Å². The highest BCUT2D eigenvalue weighted by Crippen LogP contribution is 2.51. The van der Waals surface area contributed by atoms with E-state index in [1.54, 1.807) is 0 Å². The number of nitrogens with zero attached hydrogens (tertiary/aromatic N) is 2. The van der Waals surface area contributed by atoms with Gasteiger partial charge in [0.15, 0.2) is 11.8 Å². The predicted octanol–water partition coefficient (Wildman–Crippen LogP) is 5.92. The van der Waals surface area contributed by atoms with E-state index in [1.807, 2.05) is 0 Å². The molecule has 5 nitrogen and oxygen atoms in total. The maximum Gasteiger partial charge on any atom is 0.460 e. The van der Waals surface area contributed by atoms with Crippen LogP contribution in [0, 0.1) is 5.41 Å². The lowest BCUT2D eigenvalue weighted by atomic mass is 9.79. The van der Waals surface area contributed by atoms with Gasteiger partial charge in [-0.1, -0.05) is 44.0 Å². The van der Waals surface area contributed by atoms with Crippen molar-refractivity contribution >= 4 is 34.8 Å². The number of ether oxygens (including phenoxy) is 1. The Hall–Kier alpha value is -1.79. The third-order valence-corrected chi connectivity index (χ3v) is 5.58. The number of benzene rings is 1. The summed E-state index contributed by atoms with van der Waals surface area (Å²) < 4.78 is 99.0. The van der Waals surface area contributed by atoms with Crippen LogP contribution in [0.2, 0.25) is 10.0 Å². The van der Waals surface area contributed by atoms with Crippen molar-refractivity contribution in [1.29, 1.82) is 0 Å². The van der Waals surface area contributed by atoms with Crippen molar-refractivity contribution in [3.05, 3.63) is 28.2 Å². The fourth-order valence-corrected chi connectivity index (χ4v) is 3.33. The lowest BCUT2D eigenvalue weighted by Crippen LogP contribution is -2.59. The minimum atomic E-state index is -6.61. The van der Waals surface area contributed by atoms with Gasteiger partial charge in [-0.3, -0.25) is 4.79 Å². The van der Waals surface area contributed by atoms with E-state index in [2.05, 4.69) is 5.10 Å². The molecule has 0 aliphatic carbocycles. The summed E-state index contributed by atoms with van der Waals surface area (Å²) in [6.45, 7) is 4.89. The summed E-state index contributed by atoms with van der Waals surface area (Å²) in [4.78, 5) is 12.9. The van der Waals surface area contributed by atoms with Crippen LogP contribution in [0.3, 0.4) is 0 Å². The molecule has 0 unspecified atom stereocenters. The Morgan fingerprint density at radius 2 is 1.70 bits per heavy atom. The Balaban J connectivity index is 2.48. The van der Waals surface area contributed by atoms with Crippen molar-refractivity contribution in [2.75, 3.05) is 0 Å². The number of aliphatic hydroxyl groups is 1. The van der Waals surface area contributed by atoms with Crippen LogP contribution in [0.25, 0.3) is 0 Å². The molecule has 1 N–H and O–H groups in total. The van der Waals surface area contributed by atoms with Gasteiger partial charge in [0.25, 0.3) is 5.91 Å². The molecular weight excluding hydrogens is 508 g/mol. The van der Waals surface area contributed by atoms with Crippen LogP contribution >= 0.6 is 23.2 Å². The number of hydrazone groups is 1. The minimum absolute atomic E-state index is 0.0322. The summed E-state index contributed by atoms with van der Waals surface area (Å²) in [5.74, 6) is -13.7. The Morgan fingerprint density at radius 3 is 2.15 bits per heavy atom. The van der Waals surface area contributed by atoms with E-state index in [-0.39, 0.29) is 20.8 Å². The molecule has 0 radical (unpaired) electrons. The first kappa shape index (κ1) is 27.5. The number of carbonyl (C=O) groups is 1. The zero-order chi connectivity index (χ0) is 25.8. The predicted molar refractivity (Wildman–Crippen MR) is 106 cm³/mol. The van der Waals surface area contributed by atoms with E-state index in [9.17, 15) is 40.6 Å². The molecule has 1 aliphatic heterocycles. The highest BCUT2D eigenvalue weighted by molar-refractivity contribution is 6.35. The van der Waals surface area contributed by atoms with Gasteiger partial charge < -0.3 is 9.84 Å². The molecule has 186 valence electrons. The Labute approximate surface area is 194 Å². The van der Waals surface area contributed by atoms with E-state index < -0.39 is 53.3 Å². The molecule has 0 bridgehead atoms. The van der Waals surface area contributed by atoms with Crippen LogP contribution in [0.1, 0.15) is 34.1 Å². The molecule has 0 saturated heterocycles. The smallest absolute Gasteiger partial charge is 0.460 e. The minimum Gasteiger partial charge on any atom is -0.479 e. The van der Waals surface area contributed by atoms with Gasteiger partial charge in [-0.05, 0) is 25.1 Å². The topological polar surface area (TPSA) is 62.1 Å². The van der Waals surface area contributed by atoms with E-state index >= 15 is 0 Å². The molecule has 33 heavy (non-hydrogen) atoms. The quantitative estimate of drug-likeness (QED) is 0.484. The summed E-state index contributed by atoms with van der Waals surface area (Å²) in [7, 11) is 0. The monoisotopic (exact) mass is 526 g/mol. The molecular formula is C19H19Cl2F7N2O3. The van der Waals surface area contributed by atoms with Crippen LogP contribution in [0.5, 0.6) is 5.75 Å². The maximum atomic E-state index is 14.3. The van der Waals surface area contributed by atoms with E-state index in [0.29, 0.717) is 0 Å². The summed E-state index contributed by atoms with van der Waals surface area (Å²) in [5, 5.41) is 14.3. The molecule has 2 atom stereocenters. The molecule has 0 aromatic heterocycles. The lowest BCUT2D eigenvalue weighted by molar-refractivity contribution is -0.336. The normalized spacial score (nSPS) is 21.2. The van der Waals surface area contributed by atoms with Gasteiger partial charge in [-0.25, -0.2) is 0 Å². The largest absolute Gasteiger partial charge is 0.479 e. The molecule has 2 rings (SSSR count). The molecule has 1 aromatic carbocycles. The lowest BCUT2D eigenvalue weighted by Gasteiger charge is -2.42. The molecule has 1 heterocycles. The SMILES string of the molecule is C[C@@H](Oc1ccc(Cl)cc1Cl)C(=O)N1N=C(C(F)(F)C(F)(F)C(F)(F)F)C[C@]1(O)C(C)(C)C. The van der Waals surface area contributed by atoms with Crippen molar-refractivity contribution in [1.82, 2.24) is 5.01 Å². The molecule has 14 heteroatoms. The number of amides is 1. The van der Waals surface area contributed by atoms with Gasteiger partial charge in [0.2, 0.25) is 0 Å². The zero-order valence-electron chi connectivity index (χ0n) is 17.6. The summed E-state index contributed by atoms with van der Waals surface area (Å²) in [5.41, 5.74) is -6.19. The summed E-state index contributed by atoms with van der Waals surface area (Å²) >= 11 is 11.7. The highest BCUT2D eigenvalue weighted by atomic mass is 35.5. The van der Waals surface area contributed by atoms with Crippen LogP contribution in [-0.4, -0.2) is 51.6 Å². The van der Waals surface area contributed by atoms with Crippen LogP contribution in [0.4, 0.5) is 30.7 Å².